The fourth-order valence-corrected chi connectivity index (χ4v) is 1.56. The molecule has 0 bridgehead atoms. The van der Waals surface area contributed by atoms with Crippen molar-refractivity contribution in [2.45, 2.75) is 0 Å². The molecule has 0 amide bonds. The highest BCUT2D eigenvalue weighted by Gasteiger charge is 2.19. The number of pyridine rings is 1. The molecule has 0 aliphatic heterocycles. The van der Waals surface area contributed by atoms with Crippen molar-refractivity contribution >= 4 is 17.3 Å². The summed E-state index contributed by atoms with van der Waals surface area (Å²) in [6.07, 6.45) is 1.30. The van der Waals surface area contributed by atoms with Crippen LogP contribution in [0, 0.1) is 21.4 Å². The Balaban J connectivity index is 2.37. The van der Waals surface area contributed by atoms with E-state index in [1.807, 2.05) is 6.07 Å². The van der Waals surface area contributed by atoms with Gasteiger partial charge in [-0.25, -0.2) is 4.98 Å². The highest BCUT2D eigenvalue weighted by atomic mass is 35.5. The lowest BCUT2D eigenvalue weighted by molar-refractivity contribution is -0.385. The van der Waals surface area contributed by atoms with Crippen LogP contribution >= 0.6 is 11.6 Å². The van der Waals surface area contributed by atoms with Gasteiger partial charge >= 0.3 is 5.69 Å². The normalized spacial score (nSPS) is 9.68. The molecule has 0 fully saturated rings. The second-order valence-corrected chi connectivity index (χ2v) is 3.85. The van der Waals surface area contributed by atoms with Crippen LogP contribution in [0.2, 0.25) is 5.02 Å². The van der Waals surface area contributed by atoms with Gasteiger partial charge in [0.1, 0.15) is 6.07 Å². The Morgan fingerprint density at radius 3 is 2.74 bits per heavy atom. The smallest absolute Gasteiger partial charge is 0.313 e. The van der Waals surface area contributed by atoms with Crippen LogP contribution in [-0.4, -0.2) is 9.91 Å². The Morgan fingerprint density at radius 2 is 2.16 bits per heavy atom. The summed E-state index contributed by atoms with van der Waals surface area (Å²) in [4.78, 5) is 14.1. The van der Waals surface area contributed by atoms with Crippen molar-refractivity contribution in [1.29, 1.82) is 5.26 Å². The molecule has 0 saturated carbocycles. The molecule has 0 saturated heterocycles. The van der Waals surface area contributed by atoms with E-state index in [-0.39, 0.29) is 22.3 Å². The molecule has 94 valence electrons. The van der Waals surface area contributed by atoms with E-state index in [2.05, 4.69) is 4.98 Å². The van der Waals surface area contributed by atoms with Crippen molar-refractivity contribution in [2.24, 2.45) is 0 Å². The fourth-order valence-electron chi connectivity index (χ4n) is 1.35. The highest BCUT2D eigenvalue weighted by molar-refractivity contribution is 6.32. The topological polar surface area (TPSA) is 89.0 Å². The third kappa shape index (κ3) is 2.78. The molecule has 0 N–H and O–H groups in total. The number of aromatic nitrogens is 1. The number of rotatable bonds is 3. The Kier molecular flexibility index (Phi) is 3.59. The predicted molar refractivity (Wildman–Crippen MR) is 67.1 cm³/mol. The Labute approximate surface area is 113 Å². The maximum absolute atomic E-state index is 10.9. The molecule has 1 aromatic heterocycles. The van der Waals surface area contributed by atoms with Gasteiger partial charge in [-0.2, -0.15) is 5.26 Å². The Hall–Kier alpha value is -2.65. The van der Waals surface area contributed by atoms with E-state index in [4.69, 9.17) is 21.6 Å². The zero-order valence-corrected chi connectivity index (χ0v) is 10.2. The third-order valence-corrected chi connectivity index (χ3v) is 2.51. The number of nitro groups is 1. The van der Waals surface area contributed by atoms with Crippen LogP contribution in [-0.2, 0) is 0 Å². The van der Waals surface area contributed by atoms with E-state index in [9.17, 15) is 10.1 Å². The van der Waals surface area contributed by atoms with Crippen LogP contribution in [0.3, 0.4) is 0 Å². The van der Waals surface area contributed by atoms with E-state index in [1.165, 1.54) is 36.5 Å². The van der Waals surface area contributed by atoms with Crippen LogP contribution in [0.5, 0.6) is 11.6 Å². The van der Waals surface area contributed by atoms with Crippen molar-refractivity contribution in [3.8, 4) is 17.7 Å². The Morgan fingerprint density at radius 1 is 1.37 bits per heavy atom. The monoisotopic (exact) mass is 275 g/mol. The van der Waals surface area contributed by atoms with Crippen LogP contribution in [0.15, 0.2) is 36.5 Å². The first-order valence-electron chi connectivity index (χ1n) is 5.08. The summed E-state index contributed by atoms with van der Waals surface area (Å²) in [7, 11) is 0. The lowest BCUT2D eigenvalue weighted by atomic mass is 10.3. The van der Waals surface area contributed by atoms with Gasteiger partial charge in [-0.3, -0.25) is 10.1 Å². The van der Waals surface area contributed by atoms with Gasteiger partial charge in [0.25, 0.3) is 0 Å². The van der Waals surface area contributed by atoms with Crippen molar-refractivity contribution in [3.05, 3.63) is 57.2 Å². The summed E-state index contributed by atoms with van der Waals surface area (Å²) in [5.74, 6) is 0.0431. The van der Waals surface area contributed by atoms with Gasteiger partial charge in [0, 0.05) is 18.3 Å². The minimum absolute atomic E-state index is 0.0774. The average Bonchev–Trinajstić information content (AvgIpc) is 2.41. The van der Waals surface area contributed by atoms with E-state index in [0.717, 1.165) is 0 Å². The van der Waals surface area contributed by atoms with Crippen LogP contribution < -0.4 is 4.74 Å². The first kappa shape index (κ1) is 12.8. The summed E-state index contributed by atoms with van der Waals surface area (Å²) in [6, 6.07) is 9.05. The van der Waals surface area contributed by atoms with Gasteiger partial charge in [0.05, 0.1) is 15.5 Å². The van der Waals surface area contributed by atoms with Crippen molar-refractivity contribution < 1.29 is 9.66 Å². The minimum Gasteiger partial charge on any atom is -0.430 e. The zero-order valence-electron chi connectivity index (χ0n) is 9.41. The predicted octanol–water partition coefficient (Wildman–Crippen LogP) is 3.31. The molecule has 7 heteroatoms. The number of halogens is 1. The fraction of sp³-hybridized carbons (Fsp3) is 0. The average molecular weight is 276 g/mol. The summed E-state index contributed by atoms with van der Waals surface area (Å²) in [6.45, 7) is 0. The Bertz CT molecular complexity index is 665. The molecular weight excluding hydrogens is 270 g/mol. The second-order valence-electron chi connectivity index (χ2n) is 3.44. The molecule has 0 aliphatic rings. The van der Waals surface area contributed by atoms with Crippen LogP contribution in [0.4, 0.5) is 5.69 Å². The molecule has 6 nitrogen and oxygen atoms in total. The molecule has 2 aromatic rings. The molecule has 1 aromatic carbocycles. The number of hydrogen-bond donors (Lipinski definition) is 0. The standard InChI is InChI=1S/C12H6ClN3O3/c13-9-2-1-3-10(16(17)18)12(9)19-11-5-4-8(6-14)7-15-11/h1-5,7H. The summed E-state index contributed by atoms with van der Waals surface area (Å²) in [5.41, 5.74) is 0.111. The first-order chi connectivity index (χ1) is 9.11. The second kappa shape index (κ2) is 5.33. The number of nitro benzene ring substituents is 1. The van der Waals surface area contributed by atoms with E-state index in [0.29, 0.717) is 5.56 Å². The maximum Gasteiger partial charge on any atom is 0.313 e. The van der Waals surface area contributed by atoms with Crippen molar-refractivity contribution in [3.63, 3.8) is 0 Å². The number of hydrogen-bond acceptors (Lipinski definition) is 5. The molecule has 1 heterocycles. The summed E-state index contributed by atoms with van der Waals surface area (Å²) < 4.78 is 5.31. The molecular formula is C12H6ClN3O3. The molecule has 0 atom stereocenters. The van der Waals surface area contributed by atoms with E-state index >= 15 is 0 Å². The third-order valence-electron chi connectivity index (χ3n) is 2.21. The molecule has 0 radical (unpaired) electrons. The molecule has 0 aliphatic carbocycles. The summed E-state index contributed by atoms with van der Waals surface area (Å²) in [5, 5.41) is 19.6. The van der Waals surface area contributed by atoms with E-state index < -0.39 is 4.92 Å². The molecule has 2 rings (SSSR count). The number of nitriles is 1. The van der Waals surface area contributed by atoms with Gasteiger partial charge in [-0.15, -0.1) is 0 Å². The van der Waals surface area contributed by atoms with Gasteiger partial charge in [-0.1, -0.05) is 17.7 Å². The van der Waals surface area contributed by atoms with Crippen molar-refractivity contribution in [1.82, 2.24) is 4.98 Å². The number of nitrogens with zero attached hydrogens (tertiary/aromatic N) is 3. The maximum atomic E-state index is 10.9. The highest BCUT2D eigenvalue weighted by Crippen LogP contribution is 2.37. The van der Waals surface area contributed by atoms with Gasteiger partial charge < -0.3 is 4.74 Å². The molecule has 0 unspecified atom stereocenters. The number of benzene rings is 1. The lowest BCUT2D eigenvalue weighted by Gasteiger charge is -2.06. The van der Waals surface area contributed by atoms with Crippen LogP contribution in [0.25, 0.3) is 0 Å². The van der Waals surface area contributed by atoms with Gasteiger partial charge in [-0.05, 0) is 12.1 Å². The largest absolute Gasteiger partial charge is 0.430 e. The van der Waals surface area contributed by atoms with Crippen molar-refractivity contribution in [2.75, 3.05) is 0 Å². The van der Waals surface area contributed by atoms with Gasteiger partial charge in [0.2, 0.25) is 11.6 Å². The summed E-state index contributed by atoms with van der Waals surface area (Å²) >= 11 is 5.87. The minimum atomic E-state index is -0.592. The number of para-hydroxylation sites is 1. The zero-order chi connectivity index (χ0) is 13.8. The quantitative estimate of drug-likeness (QED) is 0.633. The SMILES string of the molecule is N#Cc1ccc(Oc2c(Cl)cccc2[N+](=O)[O-])nc1. The van der Waals surface area contributed by atoms with Gasteiger partial charge in [0.15, 0.2) is 0 Å². The lowest BCUT2D eigenvalue weighted by Crippen LogP contribution is -1.95. The van der Waals surface area contributed by atoms with Crippen LogP contribution in [0.1, 0.15) is 5.56 Å². The first-order valence-corrected chi connectivity index (χ1v) is 5.46. The number of ether oxygens (including phenoxy) is 1. The van der Waals surface area contributed by atoms with E-state index in [1.54, 1.807) is 0 Å². The molecule has 19 heavy (non-hydrogen) atoms. The molecule has 0 spiro atoms.